The average molecular weight is 157 g/mol. The molecule has 1 saturated carbocycles. The van der Waals surface area contributed by atoms with E-state index >= 15 is 0 Å². The molecule has 0 radical (unpaired) electrons. The van der Waals surface area contributed by atoms with E-state index < -0.39 is 0 Å². The summed E-state index contributed by atoms with van der Waals surface area (Å²) < 4.78 is 4.68. The van der Waals surface area contributed by atoms with Crippen LogP contribution in [0.3, 0.4) is 0 Å². The van der Waals surface area contributed by atoms with Crippen molar-refractivity contribution in [1.82, 2.24) is 0 Å². The molecule has 64 valence electrons. The quantitative estimate of drug-likeness (QED) is 0.491. The maximum atomic E-state index is 9.96. The third kappa shape index (κ3) is 2.50. The Balaban J connectivity index is 2.26. The molecule has 1 fully saturated rings. The van der Waals surface area contributed by atoms with Crippen molar-refractivity contribution >= 4 is 6.47 Å². The number of rotatable bonds is 3. The lowest BCUT2D eigenvalue weighted by atomic mass is 9.88. The first-order chi connectivity index (χ1) is 5.34. The third-order valence-electron chi connectivity index (χ3n) is 2.33. The van der Waals surface area contributed by atoms with E-state index in [1.54, 1.807) is 0 Å². The second-order valence-corrected chi connectivity index (χ2v) is 3.10. The summed E-state index contributed by atoms with van der Waals surface area (Å²) >= 11 is 0. The highest BCUT2D eigenvalue weighted by Crippen LogP contribution is 2.25. The molecule has 2 N–H and O–H groups in total. The van der Waals surface area contributed by atoms with Crippen LogP contribution >= 0.6 is 0 Å². The van der Waals surface area contributed by atoms with Crippen molar-refractivity contribution in [2.24, 2.45) is 11.7 Å². The van der Waals surface area contributed by atoms with Gasteiger partial charge in [0.25, 0.3) is 6.47 Å². The maximum absolute atomic E-state index is 9.96. The zero-order chi connectivity index (χ0) is 8.10. The van der Waals surface area contributed by atoms with Gasteiger partial charge in [0.2, 0.25) is 0 Å². The zero-order valence-corrected chi connectivity index (χ0v) is 6.66. The molecule has 0 aromatic heterocycles. The van der Waals surface area contributed by atoms with Crippen molar-refractivity contribution < 1.29 is 9.53 Å². The highest BCUT2D eigenvalue weighted by atomic mass is 16.5. The smallest absolute Gasteiger partial charge is 0.294 e. The van der Waals surface area contributed by atoms with Crippen molar-refractivity contribution in [1.29, 1.82) is 0 Å². The second-order valence-electron chi connectivity index (χ2n) is 3.10. The molecule has 0 aromatic carbocycles. The van der Waals surface area contributed by atoms with Crippen LogP contribution in [0.2, 0.25) is 0 Å². The summed E-state index contributed by atoms with van der Waals surface area (Å²) in [6.45, 7) is 0.444. The number of carbonyl (C=O) groups excluding carboxylic acids is 1. The van der Waals surface area contributed by atoms with Crippen LogP contribution in [0, 0.1) is 5.92 Å². The van der Waals surface area contributed by atoms with E-state index in [0.29, 0.717) is 12.4 Å². The summed E-state index contributed by atoms with van der Waals surface area (Å²) in [6.07, 6.45) is 5.59. The van der Waals surface area contributed by atoms with E-state index in [0.717, 1.165) is 12.8 Å². The largest absolute Gasteiger partial charge is 0.449 e. The van der Waals surface area contributed by atoms with Crippen LogP contribution < -0.4 is 5.73 Å². The molecule has 0 aliphatic heterocycles. The van der Waals surface area contributed by atoms with Crippen LogP contribution in [-0.4, -0.2) is 12.7 Å². The lowest BCUT2D eigenvalue weighted by molar-refractivity contribution is -0.136. The average Bonchev–Trinajstić information content (AvgIpc) is 2.07. The van der Waals surface area contributed by atoms with Gasteiger partial charge in [-0.1, -0.05) is 19.3 Å². The lowest BCUT2D eigenvalue weighted by Gasteiger charge is -2.25. The highest BCUT2D eigenvalue weighted by molar-refractivity contribution is 5.37. The molecule has 0 spiro atoms. The fourth-order valence-corrected chi connectivity index (χ4v) is 1.64. The maximum Gasteiger partial charge on any atom is 0.294 e. The standard InChI is InChI=1S/C8H15NO2/c9-8(11-6-10)7-4-2-1-3-5-7/h6-8H,1-5,9H2. The van der Waals surface area contributed by atoms with E-state index in [4.69, 9.17) is 5.73 Å². The number of hydrogen-bond acceptors (Lipinski definition) is 3. The molecular weight excluding hydrogens is 142 g/mol. The SMILES string of the molecule is NC(OC=O)C1CCCCC1. The van der Waals surface area contributed by atoms with Gasteiger partial charge in [0.1, 0.15) is 0 Å². The van der Waals surface area contributed by atoms with Gasteiger partial charge < -0.3 is 4.74 Å². The van der Waals surface area contributed by atoms with Crippen molar-refractivity contribution in [3.8, 4) is 0 Å². The molecule has 1 rings (SSSR count). The molecule has 3 nitrogen and oxygen atoms in total. The highest BCUT2D eigenvalue weighted by Gasteiger charge is 2.20. The number of carbonyl (C=O) groups is 1. The minimum absolute atomic E-state index is 0.368. The van der Waals surface area contributed by atoms with Gasteiger partial charge in [0, 0.05) is 5.92 Å². The Morgan fingerprint density at radius 1 is 1.36 bits per heavy atom. The molecule has 1 aliphatic carbocycles. The number of hydrogen-bond donors (Lipinski definition) is 1. The van der Waals surface area contributed by atoms with Crippen molar-refractivity contribution in [3.63, 3.8) is 0 Å². The monoisotopic (exact) mass is 157 g/mol. The van der Waals surface area contributed by atoms with Crippen LogP contribution in [-0.2, 0) is 9.53 Å². The van der Waals surface area contributed by atoms with E-state index in [9.17, 15) is 4.79 Å². The molecule has 0 aromatic rings. The number of nitrogens with two attached hydrogens (primary N) is 1. The van der Waals surface area contributed by atoms with E-state index in [2.05, 4.69) is 4.74 Å². The summed E-state index contributed by atoms with van der Waals surface area (Å²) in [4.78, 5) is 9.96. The van der Waals surface area contributed by atoms with Crippen LogP contribution in [0.5, 0.6) is 0 Å². The van der Waals surface area contributed by atoms with Gasteiger partial charge >= 0.3 is 0 Å². The molecule has 1 atom stereocenters. The normalized spacial score (nSPS) is 22.6. The summed E-state index contributed by atoms with van der Waals surface area (Å²) in [7, 11) is 0. The van der Waals surface area contributed by atoms with Gasteiger partial charge in [-0.15, -0.1) is 0 Å². The minimum Gasteiger partial charge on any atom is -0.449 e. The van der Waals surface area contributed by atoms with Gasteiger partial charge in [-0.05, 0) is 12.8 Å². The van der Waals surface area contributed by atoms with Gasteiger partial charge in [-0.2, -0.15) is 0 Å². The summed E-state index contributed by atoms with van der Waals surface area (Å²) in [5.41, 5.74) is 5.61. The predicted octanol–water partition coefficient (Wildman–Crippen LogP) is 1.02. The Labute approximate surface area is 66.9 Å². The minimum atomic E-state index is -0.368. The summed E-state index contributed by atoms with van der Waals surface area (Å²) in [5, 5.41) is 0. The Bertz CT molecular complexity index is 121. The Hall–Kier alpha value is -0.570. The molecule has 0 saturated heterocycles. The predicted molar refractivity (Wildman–Crippen MR) is 41.7 cm³/mol. The topological polar surface area (TPSA) is 52.3 Å². The fourth-order valence-electron chi connectivity index (χ4n) is 1.64. The molecule has 0 amide bonds. The van der Waals surface area contributed by atoms with Gasteiger partial charge in [-0.25, -0.2) is 0 Å². The first-order valence-electron chi connectivity index (χ1n) is 4.19. The van der Waals surface area contributed by atoms with Crippen LogP contribution in [0.1, 0.15) is 32.1 Å². The number of ether oxygens (including phenoxy) is 1. The van der Waals surface area contributed by atoms with Gasteiger partial charge in [0.15, 0.2) is 6.23 Å². The molecule has 1 aliphatic rings. The Morgan fingerprint density at radius 3 is 2.55 bits per heavy atom. The van der Waals surface area contributed by atoms with Gasteiger partial charge in [0.05, 0.1) is 0 Å². The van der Waals surface area contributed by atoms with Crippen LogP contribution in [0.25, 0.3) is 0 Å². The van der Waals surface area contributed by atoms with Crippen molar-refractivity contribution in [2.45, 2.75) is 38.3 Å². The molecular formula is C8H15NO2. The van der Waals surface area contributed by atoms with Crippen LogP contribution in [0.15, 0.2) is 0 Å². The van der Waals surface area contributed by atoms with Crippen molar-refractivity contribution in [3.05, 3.63) is 0 Å². The fraction of sp³-hybridized carbons (Fsp3) is 0.875. The summed E-state index contributed by atoms with van der Waals surface area (Å²) in [5.74, 6) is 0.397. The van der Waals surface area contributed by atoms with E-state index in [-0.39, 0.29) is 6.23 Å². The molecule has 0 heterocycles. The second kappa shape index (κ2) is 4.34. The van der Waals surface area contributed by atoms with Crippen LogP contribution in [0.4, 0.5) is 0 Å². The first-order valence-corrected chi connectivity index (χ1v) is 4.19. The molecule has 0 bridgehead atoms. The first kappa shape index (κ1) is 8.53. The van der Waals surface area contributed by atoms with Gasteiger partial charge in [-0.3, -0.25) is 10.5 Å². The van der Waals surface area contributed by atoms with E-state index in [1.165, 1.54) is 19.3 Å². The Kier molecular flexibility index (Phi) is 3.36. The molecule has 1 unspecified atom stereocenters. The lowest BCUT2D eigenvalue weighted by Crippen LogP contribution is -2.33. The molecule has 3 heteroatoms. The third-order valence-corrected chi connectivity index (χ3v) is 2.33. The van der Waals surface area contributed by atoms with Crippen molar-refractivity contribution in [2.75, 3.05) is 0 Å². The molecule has 11 heavy (non-hydrogen) atoms. The zero-order valence-electron chi connectivity index (χ0n) is 6.66. The summed E-state index contributed by atoms with van der Waals surface area (Å²) in [6, 6.07) is 0. The van der Waals surface area contributed by atoms with E-state index in [1.807, 2.05) is 0 Å². The Morgan fingerprint density at radius 2 is 2.00 bits per heavy atom.